The summed E-state index contributed by atoms with van der Waals surface area (Å²) in [6.45, 7) is 7.19. The van der Waals surface area contributed by atoms with Crippen LogP contribution in [0.25, 0.3) is 0 Å². The van der Waals surface area contributed by atoms with E-state index in [0.29, 0.717) is 30.6 Å². The minimum absolute atomic E-state index is 0.0217. The first kappa shape index (κ1) is 14.8. The van der Waals surface area contributed by atoms with E-state index in [4.69, 9.17) is 5.73 Å². The maximum absolute atomic E-state index is 12.4. The topological polar surface area (TPSA) is 58.4 Å². The molecule has 0 aromatic heterocycles. The summed E-state index contributed by atoms with van der Waals surface area (Å²) >= 11 is 0. The third kappa shape index (κ3) is 3.11. The number of carbonyl (C=O) groups is 1. The molecule has 0 radical (unpaired) electrons. The molecule has 0 spiro atoms. The van der Waals surface area contributed by atoms with Crippen molar-refractivity contribution in [3.63, 3.8) is 0 Å². The minimum atomic E-state index is -0.0217. The number of hydrogen-bond acceptors (Lipinski definition) is 3. The molecule has 2 aliphatic rings. The van der Waals surface area contributed by atoms with Gasteiger partial charge in [0.2, 0.25) is 5.91 Å². The fourth-order valence-electron chi connectivity index (χ4n) is 3.93. The molecule has 2 fully saturated rings. The Morgan fingerprint density at radius 2 is 1.89 bits per heavy atom. The van der Waals surface area contributed by atoms with E-state index in [1.807, 2.05) is 6.92 Å². The lowest BCUT2D eigenvalue weighted by Crippen LogP contribution is -2.52. The summed E-state index contributed by atoms with van der Waals surface area (Å²) in [5, 5.41) is 3.24. The second-order valence-corrected chi connectivity index (χ2v) is 6.44. The summed E-state index contributed by atoms with van der Waals surface area (Å²) in [5.41, 5.74) is 5.78. The van der Waals surface area contributed by atoms with Crippen molar-refractivity contribution in [1.29, 1.82) is 0 Å². The van der Waals surface area contributed by atoms with Crippen molar-refractivity contribution in [3.8, 4) is 0 Å². The Morgan fingerprint density at radius 3 is 2.47 bits per heavy atom. The molecule has 1 aliphatic heterocycles. The molecule has 4 heteroatoms. The zero-order valence-corrected chi connectivity index (χ0v) is 12.6. The van der Waals surface area contributed by atoms with Crippen LogP contribution in [0.3, 0.4) is 0 Å². The standard InChI is InChI=1S/C15H29N3O/c1-10-7-8-11(2)18(10)12(3)15(19)17-14-6-4-5-13(14)9-16/h10-14H,4-9,16H2,1-3H3,(H,17,19). The van der Waals surface area contributed by atoms with Gasteiger partial charge >= 0.3 is 0 Å². The fourth-order valence-corrected chi connectivity index (χ4v) is 3.93. The number of nitrogens with zero attached hydrogens (tertiary/aromatic N) is 1. The van der Waals surface area contributed by atoms with Crippen LogP contribution in [0.1, 0.15) is 52.9 Å². The average molecular weight is 267 g/mol. The molecule has 19 heavy (non-hydrogen) atoms. The van der Waals surface area contributed by atoms with Crippen molar-refractivity contribution in [2.24, 2.45) is 11.7 Å². The van der Waals surface area contributed by atoms with Gasteiger partial charge in [0.05, 0.1) is 6.04 Å². The highest BCUT2D eigenvalue weighted by Crippen LogP contribution is 2.27. The minimum Gasteiger partial charge on any atom is -0.352 e. The number of amides is 1. The van der Waals surface area contributed by atoms with Crippen LogP contribution in [-0.2, 0) is 4.79 Å². The Morgan fingerprint density at radius 1 is 1.26 bits per heavy atom. The summed E-state index contributed by atoms with van der Waals surface area (Å²) in [6.07, 6.45) is 5.84. The molecule has 5 unspecified atom stereocenters. The SMILES string of the molecule is CC1CCC(C)N1C(C)C(=O)NC1CCCC1CN. The molecule has 1 heterocycles. The van der Waals surface area contributed by atoms with E-state index >= 15 is 0 Å². The summed E-state index contributed by atoms with van der Waals surface area (Å²) in [7, 11) is 0. The van der Waals surface area contributed by atoms with E-state index in [0.717, 1.165) is 12.8 Å². The van der Waals surface area contributed by atoms with Gasteiger partial charge in [-0.05, 0) is 58.9 Å². The predicted molar refractivity (Wildman–Crippen MR) is 77.8 cm³/mol. The van der Waals surface area contributed by atoms with Crippen LogP contribution >= 0.6 is 0 Å². The average Bonchev–Trinajstić information content (AvgIpc) is 2.95. The van der Waals surface area contributed by atoms with Crippen LogP contribution in [0, 0.1) is 5.92 Å². The molecule has 2 rings (SSSR count). The Kier molecular flexibility index (Phi) is 4.85. The molecule has 110 valence electrons. The second-order valence-electron chi connectivity index (χ2n) is 6.44. The van der Waals surface area contributed by atoms with Crippen molar-refractivity contribution in [2.45, 2.75) is 77.0 Å². The van der Waals surface area contributed by atoms with E-state index in [1.165, 1.54) is 19.3 Å². The summed E-state index contributed by atoms with van der Waals surface area (Å²) in [4.78, 5) is 14.8. The molecule has 0 aromatic rings. The highest BCUT2D eigenvalue weighted by atomic mass is 16.2. The van der Waals surface area contributed by atoms with Crippen molar-refractivity contribution < 1.29 is 4.79 Å². The van der Waals surface area contributed by atoms with Gasteiger partial charge in [0.15, 0.2) is 0 Å². The Bertz CT molecular complexity index is 311. The molecule has 3 N–H and O–H groups in total. The number of nitrogens with two attached hydrogens (primary N) is 1. The normalized spacial score (nSPS) is 37.5. The Hall–Kier alpha value is -0.610. The Balaban J connectivity index is 1.92. The number of rotatable bonds is 4. The third-order valence-corrected chi connectivity index (χ3v) is 5.14. The zero-order chi connectivity index (χ0) is 14.0. The molecule has 1 aliphatic carbocycles. The van der Waals surface area contributed by atoms with E-state index in [1.54, 1.807) is 0 Å². The molecular weight excluding hydrogens is 238 g/mol. The van der Waals surface area contributed by atoms with Gasteiger partial charge in [-0.2, -0.15) is 0 Å². The van der Waals surface area contributed by atoms with Crippen molar-refractivity contribution in [1.82, 2.24) is 10.2 Å². The zero-order valence-electron chi connectivity index (χ0n) is 12.6. The second kappa shape index (κ2) is 6.23. The van der Waals surface area contributed by atoms with Crippen molar-refractivity contribution in [3.05, 3.63) is 0 Å². The lowest BCUT2D eigenvalue weighted by Gasteiger charge is -2.33. The Labute approximate surface area is 117 Å². The van der Waals surface area contributed by atoms with Gasteiger partial charge in [-0.1, -0.05) is 6.42 Å². The van der Waals surface area contributed by atoms with Crippen LogP contribution in [-0.4, -0.2) is 41.5 Å². The van der Waals surface area contributed by atoms with Gasteiger partial charge in [-0.3, -0.25) is 9.69 Å². The first-order valence-corrected chi connectivity index (χ1v) is 7.82. The molecular formula is C15H29N3O. The van der Waals surface area contributed by atoms with Gasteiger partial charge in [-0.25, -0.2) is 0 Å². The number of hydrogen-bond donors (Lipinski definition) is 2. The van der Waals surface area contributed by atoms with Crippen LogP contribution in [0.5, 0.6) is 0 Å². The molecule has 0 bridgehead atoms. The highest BCUT2D eigenvalue weighted by Gasteiger charge is 2.36. The lowest BCUT2D eigenvalue weighted by atomic mass is 10.0. The van der Waals surface area contributed by atoms with Crippen LogP contribution < -0.4 is 11.1 Å². The molecule has 4 nitrogen and oxygen atoms in total. The summed E-state index contributed by atoms with van der Waals surface area (Å²) in [5.74, 6) is 0.663. The largest absolute Gasteiger partial charge is 0.352 e. The molecule has 1 amide bonds. The quantitative estimate of drug-likeness (QED) is 0.811. The number of carbonyl (C=O) groups excluding carboxylic acids is 1. The van der Waals surface area contributed by atoms with Gasteiger partial charge < -0.3 is 11.1 Å². The molecule has 0 aromatic carbocycles. The van der Waals surface area contributed by atoms with Gasteiger partial charge in [-0.15, -0.1) is 0 Å². The lowest BCUT2D eigenvalue weighted by molar-refractivity contribution is -0.127. The van der Waals surface area contributed by atoms with Gasteiger partial charge in [0.25, 0.3) is 0 Å². The molecule has 1 saturated carbocycles. The summed E-state index contributed by atoms with van der Waals surface area (Å²) < 4.78 is 0. The monoisotopic (exact) mass is 267 g/mol. The van der Waals surface area contributed by atoms with Crippen LogP contribution in [0.4, 0.5) is 0 Å². The third-order valence-electron chi connectivity index (χ3n) is 5.14. The number of nitrogens with one attached hydrogen (secondary N) is 1. The van der Waals surface area contributed by atoms with Crippen molar-refractivity contribution in [2.75, 3.05) is 6.54 Å². The van der Waals surface area contributed by atoms with Crippen LogP contribution in [0.2, 0.25) is 0 Å². The maximum atomic E-state index is 12.4. The first-order chi connectivity index (χ1) is 9.04. The fraction of sp³-hybridized carbons (Fsp3) is 0.933. The molecule has 1 saturated heterocycles. The van der Waals surface area contributed by atoms with Gasteiger partial charge in [0, 0.05) is 18.1 Å². The smallest absolute Gasteiger partial charge is 0.237 e. The van der Waals surface area contributed by atoms with Gasteiger partial charge in [0.1, 0.15) is 0 Å². The van der Waals surface area contributed by atoms with E-state index in [2.05, 4.69) is 24.1 Å². The van der Waals surface area contributed by atoms with Crippen molar-refractivity contribution >= 4 is 5.91 Å². The van der Waals surface area contributed by atoms with Crippen LogP contribution in [0.15, 0.2) is 0 Å². The number of likely N-dealkylation sites (tertiary alicyclic amines) is 1. The first-order valence-electron chi connectivity index (χ1n) is 7.82. The van der Waals surface area contributed by atoms with E-state index < -0.39 is 0 Å². The highest BCUT2D eigenvalue weighted by molar-refractivity contribution is 5.81. The van der Waals surface area contributed by atoms with E-state index in [-0.39, 0.29) is 11.9 Å². The van der Waals surface area contributed by atoms with E-state index in [9.17, 15) is 4.79 Å². The molecule has 5 atom stereocenters. The summed E-state index contributed by atoms with van der Waals surface area (Å²) in [6, 6.07) is 1.31. The maximum Gasteiger partial charge on any atom is 0.237 e. The predicted octanol–water partition coefficient (Wildman–Crippen LogP) is 1.49.